The highest BCUT2D eigenvalue weighted by atomic mass is 19.1. The molecule has 0 atom stereocenters. The van der Waals surface area contributed by atoms with Crippen LogP contribution in [-0.2, 0) is 9.59 Å². The van der Waals surface area contributed by atoms with Crippen LogP contribution in [0.3, 0.4) is 0 Å². The number of fused-ring (bicyclic) bond motifs is 1. The Bertz CT molecular complexity index is 592. The van der Waals surface area contributed by atoms with Crippen LogP contribution in [0.1, 0.15) is 13.8 Å². The van der Waals surface area contributed by atoms with Gasteiger partial charge in [-0.1, -0.05) is 5.16 Å². The molecule has 2 amide bonds. The summed E-state index contributed by atoms with van der Waals surface area (Å²) in [6.07, 6.45) is 0. The molecule has 1 heterocycles. The third-order valence-corrected chi connectivity index (χ3v) is 2.26. The predicted octanol–water partition coefficient (Wildman–Crippen LogP) is 1.87. The summed E-state index contributed by atoms with van der Waals surface area (Å²) in [6, 6.07) is 3.77. The minimum absolute atomic E-state index is 0.0833. The van der Waals surface area contributed by atoms with Gasteiger partial charge in [0.25, 0.3) is 0 Å². The molecule has 0 radical (unpaired) electrons. The van der Waals surface area contributed by atoms with Gasteiger partial charge in [0.1, 0.15) is 5.82 Å². The molecule has 1 aromatic heterocycles. The van der Waals surface area contributed by atoms with E-state index in [1.807, 2.05) is 0 Å². The molecule has 0 aliphatic carbocycles. The fourth-order valence-electron chi connectivity index (χ4n) is 1.58. The van der Waals surface area contributed by atoms with Gasteiger partial charge in [-0.2, -0.15) is 0 Å². The molecule has 0 saturated heterocycles. The van der Waals surface area contributed by atoms with Gasteiger partial charge in [-0.15, -0.1) is 0 Å². The van der Waals surface area contributed by atoms with Gasteiger partial charge < -0.3 is 4.52 Å². The van der Waals surface area contributed by atoms with Crippen LogP contribution in [-0.4, -0.2) is 17.0 Å². The van der Waals surface area contributed by atoms with Crippen molar-refractivity contribution in [2.24, 2.45) is 0 Å². The largest absolute Gasteiger partial charge is 0.354 e. The first-order valence-corrected chi connectivity index (χ1v) is 4.87. The van der Waals surface area contributed by atoms with Gasteiger partial charge in [-0.05, 0) is 12.1 Å². The number of amides is 2. The first-order valence-electron chi connectivity index (χ1n) is 4.87. The van der Waals surface area contributed by atoms with E-state index in [-0.39, 0.29) is 11.4 Å². The maximum absolute atomic E-state index is 12.9. The number of carbonyl (C=O) groups excluding carboxylic acids is 2. The maximum Gasteiger partial charge on any atom is 0.231 e. The second kappa shape index (κ2) is 3.97. The van der Waals surface area contributed by atoms with Gasteiger partial charge in [0.15, 0.2) is 11.4 Å². The second-order valence-corrected chi connectivity index (χ2v) is 3.52. The van der Waals surface area contributed by atoms with Crippen molar-refractivity contribution in [1.82, 2.24) is 5.16 Å². The van der Waals surface area contributed by atoms with Crippen LogP contribution < -0.4 is 4.90 Å². The molecule has 0 unspecified atom stereocenters. The average molecular weight is 236 g/mol. The number of halogens is 1. The van der Waals surface area contributed by atoms with Crippen molar-refractivity contribution in [1.29, 1.82) is 0 Å². The van der Waals surface area contributed by atoms with Crippen molar-refractivity contribution in [3.8, 4) is 0 Å². The van der Waals surface area contributed by atoms with Gasteiger partial charge in [-0.3, -0.25) is 9.59 Å². The normalized spacial score (nSPS) is 10.5. The zero-order chi connectivity index (χ0) is 12.6. The third-order valence-electron chi connectivity index (χ3n) is 2.26. The highest BCUT2D eigenvalue weighted by Gasteiger charge is 2.22. The van der Waals surface area contributed by atoms with E-state index in [1.165, 1.54) is 26.0 Å². The summed E-state index contributed by atoms with van der Waals surface area (Å²) in [5.74, 6) is -1.34. The summed E-state index contributed by atoms with van der Waals surface area (Å²) in [5, 5.41) is 4.04. The number of anilines is 1. The highest BCUT2D eigenvalue weighted by molar-refractivity contribution is 6.16. The average Bonchev–Trinajstić information content (AvgIpc) is 2.60. The molecule has 0 aliphatic heterocycles. The van der Waals surface area contributed by atoms with Crippen molar-refractivity contribution < 1.29 is 18.5 Å². The van der Waals surface area contributed by atoms with Gasteiger partial charge in [-0.25, -0.2) is 9.29 Å². The molecular weight excluding hydrogens is 227 g/mol. The lowest BCUT2D eigenvalue weighted by atomic mass is 10.2. The Kier molecular flexibility index (Phi) is 2.63. The van der Waals surface area contributed by atoms with Crippen LogP contribution in [0.2, 0.25) is 0 Å². The number of rotatable bonds is 1. The van der Waals surface area contributed by atoms with Crippen molar-refractivity contribution in [3.63, 3.8) is 0 Å². The number of hydrogen-bond donors (Lipinski definition) is 0. The third kappa shape index (κ3) is 1.89. The summed E-state index contributed by atoms with van der Waals surface area (Å²) >= 11 is 0. The van der Waals surface area contributed by atoms with E-state index in [0.29, 0.717) is 5.39 Å². The number of imide groups is 1. The van der Waals surface area contributed by atoms with Crippen LogP contribution in [0.25, 0.3) is 11.0 Å². The molecule has 2 rings (SSSR count). The maximum atomic E-state index is 12.9. The number of aromatic nitrogens is 1. The van der Waals surface area contributed by atoms with Crippen molar-refractivity contribution >= 4 is 28.6 Å². The zero-order valence-corrected chi connectivity index (χ0v) is 9.23. The molecule has 0 aliphatic rings. The quantitative estimate of drug-likeness (QED) is 0.758. The molecule has 5 nitrogen and oxygen atoms in total. The SMILES string of the molecule is CC(=O)N(C(C)=O)c1noc2cc(F)ccc12. The van der Waals surface area contributed by atoms with E-state index in [1.54, 1.807) is 0 Å². The number of hydrogen-bond acceptors (Lipinski definition) is 4. The van der Waals surface area contributed by atoms with Crippen molar-refractivity contribution in [2.45, 2.75) is 13.8 Å². The van der Waals surface area contributed by atoms with Crippen LogP contribution in [0.4, 0.5) is 10.2 Å². The van der Waals surface area contributed by atoms with E-state index in [4.69, 9.17) is 4.52 Å². The van der Waals surface area contributed by atoms with E-state index < -0.39 is 17.6 Å². The molecule has 2 aromatic rings. The Morgan fingerprint density at radius 2 is 1.94 bits per heavy atom. The lowest BCUT2D eigenvalue weighted by molar-refractivity contribution is -0.124. The molecule has 0 bridgehead atoms. The molecule has 88 valence electrons. The van der Waals surface area contributed by atoms with Gasteiger partial charge in [0.05, 0.1) is 5.39 Å². The minimum atomic E-state index is -0.475. The van der Waals surface area contributed by atoms with Crippen LogP contribution >= 0.6 is 0 Å². The fraction of sp³-hybridized carbons (Fsp3) is 0.182. The molecule has 0 spiro atoms. The molecule has 0 fully saturated rings. The Morgan fingerprint density at radius 1 is 1.29 bits per heavy atom. The standard InChI is InChI=1S/C11H9FN2O3/c1-6(15)14(7(2)16)11-9-4-3-8(12)5-10(9)17-13-11/h3-5H,1-2H3. The lowest BCUT2D eigenvalue weighted by Gasteiger charge is -2.12. The highest BCUT2D eigenvalue weighted by Crippen LogP contribution is 2.26. The predicted molar refractivity (Wildman–Crippen MR) is 57.8 cm³/mol. The minimum Gasteiger partial charge on any atom is -0.354 e. The summed E-state index contributed by atoms with van der Waals surface area (Å²) in [7, 11) is 0. The number of carbonyl (C=O) groups is 2. The number of benzene rings is 1. The second-order valence-electron chi connectivity index (χ2n) is 3.52. The van der Waals surface area contributed by atoms with Gasteiger partial charge in [0, 0.05) is 19.9 Å². The van der Waals surface area contributed by atoms with E-state index in [9.17, 15) is 14.0 Å². The van der Waals surface area contributed by atoms with E-state index in [2.05, 4.69) is 5.16 Å². The first kappa shape index (κ1) is 11.3. The first-order chi connectivity index (χ1) is 8.00. The van der Waals surface area contributed by atoms with E-state index in [0.717, 1.165) is 11.0 Å². The van der Waals surface area contributed by atoms with Crippen LogP contribution in [0.15, 0.2) is 22.7 Å². The zero-order valence-electron chi connectivity index (χ0n) is 9.23. The summed E-state index contributed by atoms with van der Waals surface area (Å²) in [5.41, 5.74) is 0.188. The number of nitrogens with zero attached hydrogens (tertiary/aromatic N) is 2. The van der Waals surface area contributed by atoms with Crippen LogP contribution in [0.5, 0.6) is 0 Å². The Morgan fingerprint density at radius 3 is 2.53 bits per heavy atom. The molecule has 0 saturated carbocycles. The monoisotopic (exact) mass is 236 g/mol. The molecule has 0 N–H and O–H groups in total. The smallest absolute Gasteiger partial charge is 0.231 e. The summed E-state index contributed by atoms with van der Waals surface area (Å²) in [4.78, 5) is 23.6. The molecule has 17 heavy (non-hydrogen) atoms. The fourth-order valence-corrected chi connectivity index (χ4v) is 1.58. The topological polar surface area (TPSA) is 63.4 Å². The van der Waals surface area contributed by atoms with E-state index >= 15 is 0 Å². The lowest BCUT2D eigenvalue weighted by Crippen LogP contribution is -2.33. The van der Waals surface area contributed by atoms with Crippen molar-refractivity contribution in [2.75, 3.05) is 4.90 Å². The Labute approximate surface area is 95.8 Å². The molecular formula is C11H9FN2O3. The molecule has 6 heteroatoms. The molecule has 1 aromatic carbocycles. The summed E-state index contributed by atoms with van der Waals surface area (Å²) < 4.78 is 17.8. The summed E-state index contributed by atoms with van der Waals surface area (Å²) in [6.45, 7) is 2.48. The van der Waals surface area contributed by atoms with Crippen molar-refractivity contribution in [3.05, 3.63) is 24.0 Å². The van der Waals surface area contributed by atoms with Gasteiger partial charge in [0.2, 0.25) is 11.8 Å². The Balaban J connectivity index is 2.62. The van der Waals surface area contributed by atoms with Crippen LogP contribution in [0, 0.1) is 5.82 Å². The Hall–Kier alpha value is -2.24. The van der Waals surface area contributed by atoms with Gasteiger partial charge >= 0.3 is 0 Å².